The summed E-state index contributed by atoms with van der Waals surface area (Å²) in [5.74, 6) is 0.414. The Kier molecular flexibility index (Phi) is 6.68. The van der Waals surface area contributed by atoms with Crippen LogP contribution in [0.3, 0.4) is 0 Å². The summed E-state index contributed by atoms with van der Waals surface area (Å²) in [6.07, 6.45) is 8.62. The van der Waals surface area contributed by atoms with Crippen LogP contribution >= 0.6 is 0 Å². The maximum atomic E-state index is 12.9. The summed E-state index contributed by atoms with van der Waals surface area (Å²) < 4.78 is 0. The molecule has 2 aliphatic rings. The van der Waals surface area contributed by atoms with Crippen molar-refractivity contribution in [3.8, 4) is 0 Å². The van der Waals surface area contributed by atoms with Crippen LogP contribution < -0.4 is 10.6 Å². The quantitative estimate of drug-likeness (QED) is 0.784. The van der Waals surface area contributed by atoms with Gasteiger partial charge in [0.05, 0.1) is 6.04 Å². The van der Waals surface area contributed by atoms with Crippen LogP contribution in [0.15, 0.2) is 0 Å². The molecule has 5 nitrogen and oxygen atoms in total. The van der Waals surface area contributed by atoms with Crippen LogP contribution in [-0.4, -0.2) is 48.9 Å². The maximum Gasteiger partial charge on any atom is 0.245 e. The Labute approximate surface area is 134 Å². The summed E-state index contributed by atoms with van der Waals surface area (Å²) in [7, 11) is 1.80. The zero-order valence-electron chi connectivity index (χ0n) is 14.1. The highest BCUT2D eigenvalue weighted by atomic mass is 16.2. The number of carbonyl (C=O) groups is 2. The van der Waals surface area contributed by atoms with Gasteiger partial charge in [-0.05, 0) is 45.1 Å². The van der Waals surface area contributed by atoms with Gasteiger partial charge in [0, 0.05) is 13.1 Å². The Balaban J connectivity index is 2.06. The SMILES string of the molecule is CC[C@H](NC)C(=O)NC(C(=O)N1CCCC1)C1CCCCC1. The van der Waals surface area contributed by atoms with E-state index in [-0.39, 0.29) is 23.9 Å². The van der Waals surface area contributed by atoms with Gasteiger partial charge in [-0.15, -0.1) is 0 Å². The average molecular weight is 309 g/mol. The molecule has 2 amide bonds. The molecule has 1 aliphatic carbocycles. The third kappa shape index (κ3) is 4.22. The lowest BCUT2D eigenvalue weighted by atomic mass is 9.83. The van der Waals surface area contributed by atoms with E-state index in [1.54, 1.807) is 7.05 Å². The van der Waals surface area contributed by atoms with E-state index in [1.165, 1.54) is 19.3 Å². The lowest BCUT2D eigenvalue weighted by Gasteiger charge is -2.33. The van der Waals surface area contributed by atoms with E-state index >= 15 is 0 Å². The van der Waals surface area contributed by atoms with Gasteiger partial charge in [0.2, 0.25) is 11.8 Å². The Bertz CT molecular complexity index is 370. The van der Waals surface area contributed by atoms with Gasteiger partial charge in [0.15, 0.2) is 0 Å². The van der Waals surface area contributed by atoms with Crippen molar-refractivity contribution in [1.82, 2.24) is 15.5 Å². The third-order valence-corrected chi connectivity index (χ3v) is 5.18. The number of nitrogens with one attached hydrogen (secondary N) is 2. The zero-order valence-corrected chi connectivity index (χ0v) is 14.1. The zero-order chi connectivity index (χ0) is 15.9. The van der Waals surface area contributed by atoms with Crippen molar-refractivity contribution in [3.63, 3.8) is 0 Å². The van der Waals surface area contributed by atoms with E-state index in [0.717, 1.165) is 45.2 Å². The topological polar surface area (TPSA) is 61.4 Å². The highest BCUT2D eigenvalue weighted by molar-refractivity contribution is 5.90. The molecule has 0 spiro atoms. The molecular weight excluding hydrogens is 278 g/mol. The summed E-state index contributed by atoms with van der Waals surface area (Å²) in [6.45, 7) is 3.68. The lowest BCUT2D eigenvalue weighted by Crippen LogP contribution is -2.55. The van der Waals surface area contributed by atoms with Crippen LogP contribution in [0.25, 0.3) is 0 Å². The molecule has 5 heteroatoms. The van der Waals surface area contributed by atoms with Gasteiger partial charge < -0.3 is 15.5 Å². The van der Waals surface area contributed by atoms with Crippen LogP contribution in [0.1, 0.15) is 58.3 Å². The molecule has 0 aromatic heterocycles. The Hall–Kier alpha value is -1.10. The molecule has 2 rings (SSSR count). The van der Waals surface area contributed by atoms with E-state index < -0.39 is 0 Å². The largest absolute Gasteiger partial charge is 0.343 e. The van der Waals surface area contributed by atoms with Gasteiger partial charge in [-0.3, -0.25) is 9.59 Å². The molecule has 126 valence electrons. The first-order chi connectivity index (χ1) is 10.7. The minimum absolute atomic E-state index is 0.0341. The summed E-state index contributed by atoms with van der Waals surface area (Å²) in [4.78, 5) is 27.2. The molecule has 1 saturated heterocycles. The molecule has 2 atom stereocenters. The maximum absolute atomic E-state index is 12.9. The van der Waals surface area contributed by atoms with Crippen LogP contribution in [0.5, 0.6) is 0 Å². The van der Waals surface area contributed by atoms with Crippen molar-refractivity contribution >= 4 is 11.8 Å². The molecule has 1 aliphatic heterocycles. The number of likely N-dealkylation sites (tertiary alicyclic amines) is 1. The molecule has 1 heterocycles. The molecule has 0 radical (unpaired) electrons. The number of carbonyl (C=O) groups excluding carboxylic acids is 2. The molecular formula is C17H31N3O2. The molecule has 1 unspecified atom stereocenters. The minimum atomic E-state index is -0.326. The van der Waals surface area contributed by atoms with Crippen LogP contribution in [-0.2, 0) is 9.59 Å². The van der Waals surface area contributed by atoms with Crippen LogP contribution in [0.4, 0.5) is 0 Å². The first kappa shape index (κ1) is 17.3. The molecule has 0 aromatic rings. The minimum Gasteiger partial charge on any atom is -0.343 e. The van der Waals surface area contributed by atoms with Crippen LogP contribution in [0.2, 0.25) is 0 Å². The predicted molar refractivity (Wildman–Crippen MR) is 87.5 cm³/mol. The summed E-state index contributed by atoms with van der Waals surface area (Å²) in [5.41, 5.74) is 0. The van der Waals surface area contributed by atoms with E-state index in [9.17, 15) is 9.59 Å². The average Bonchev–Trinajstić information content (AvgIpc) is 3.08. The van der Waals surface area contributed by atoms with Gasteiger partial charge in [-0.2, -0.15) is 0 Å². The van der Waals surface area contributed by atoms with Gasteiger partial charge in [-0.1, -0.05) is 26.2 Å². The summed E-state index contributed by atoms with van der Waals surface area (Å²) in [6, 6.07) is -0.536. The first-order valence-electron chi connectivity index (χ1n) is 8.93. The van der Waals surface area contributed by atoms with Crippen molar-refractivity contribution in [2.45, 2.75) is 70.4 Å². The van der Waals surface area contributed by atoms with Gasteiger partial charge in [0.1, 0.15) is 6.04 Å². The Morgan fingerprint density at radius 3 is 2.27 bits per heavy atom. The number of rotatable bonds is 6. The van der Waals surface area contributed by atoms with Gasteiger partial charge in [-0.25, -0.2) is 0 Å². The second kappa shape index (κ2) is 8.51. The van der Waals surface area contributed by atoms with Crippen molar-refractivity contribution < 1.29 is 9.59 Å². The highest BCUT2D eigenvalue weighted by Crippen LogP contribution is 2.28. The molecule has 1 saturated carbocycles. The lowest BCUT2D eigenvalue weighted by molar-refractivity contribution is -0.138. The molecule has 2 fully saturated rings. The molecule has 0 aromatic carbocycles. The number of hydrogen-bond acceptors (Lipinski definition) is 3. The number of nitrogens with zero attached hydrogens (tertiary/aromatic N) is 1. The second-order valence-electron chi connectivity index (χ2n) is 6.67. The molecule has 0 bridgehead atoms. The number of likely N-dealkylation sites (N-methyl/N-ethyl adjacent to an activating group) is 1. The van der Waals surface area contributed by atoms with Crippen molar-refractivity contribution in [3.05, 3.63) is 0 Å². The second-order valence-corrected chi connectivity index (χ2v) is 6.67. The normalized spacial score (nSPS) is 22.4. The third-order valence-electron chi connectivity index (χ3n) is 5.18. The number of amides is 2. The smallest absolute Gasteiger partial charge is 0.245 e. The Morgan fingerprint density at radius 1 is 1.09 bits per heavy atom. The number of hydrogen-bond donors (Lipinski definition) is 2. The van der Waals surface area contributed by atoms with Crippen LogP contribution in [0, 0.1) is 5.92 Å². The standard InChI is InChI=1S/C17H31N3O2/c1-3-14(18-2)16(21)19-15(13-9-5-4-6-10-13)17(22)20-11-7-8-12-20/h13-15,18H,3-12H2,1-2H3,(H,19,21)/t14-,15?/m0/s1. The molecule has 22 heavy (non-hydrogen) atoms. The van der Waals surface area contributed by atoms with Crippen molar-refractivity contribution in [1.29, 1.82) is 0 Å². The summed E-state index contributed by atoms with van der Waals surface area (Å²) in [5, 5.41) is 6.10. The van der Waals surface area contributed by atoms with E-state index in [1.807, 2.05) is 11.8 Å². The predicted octanol–water partition coefficient (Wildman–Crippen LogP) is 1.67. The first-order valence-corrected chi connectivity index (χ1v) is 8.93. The highest BCUT2D eigenvalue weighted by Gasteiger charge is 2.35. The van der Waals surface area contributed by atoms with E-state index in [0.29, 0.717) is 5.92 Å². The van der Waals surface area contributed by atoms with Gasteiger partial charge in [0.25, 0.3) is 0 Å². The van der Waals surface area contributed by atoms with E-state index in [4.69, 9.17) is 0 Å². The van der Waals surface area contributed by atoms with Gasteiger partial charge >= 0.3 is 0 Å². The fourth-order valence-electron chi connectivity index (χ4n) is 3.76. The molecule has 2 N–H and O–H groups in total. The van der Waals surface area contributed by atoms with Crippen molar-refractivity contribution in [2.75, 3.05) is 20.1 Å². The fraction of sp³-hybridized carbons (Fsp3) is 0.882. The van der Waals surface area contributed by atoms with Crippen molar-refractivity contribution in [2.24, 2.45) is 5.92 Å². The Morgan fingerprint density at radius 2 is 1.73 bits per heavy atom. The van der Waals surface area contributed by atoms with E-state index in [2.05, 4.69) is 10.6 Å². The summed E-state index contributed by atoms with van der Waals surface area (Å²) >= 11 is 0. The fourth-order valence-corrected chi connectivity index (χ4v) is 3.76. The monoisotopic (exact) mass is 309 g/mol.